The maximum Gasteiger partial charge on any atom is 0.250 e. The highest BCUT2D eigenvalue weighted by molar-refractivity contribution is 6.15. The first kappa shape index (κ1) is 23.7. The van der Waals surface area contributed by atoms with Crippen LogP contribution in [0.1, 0.15) is 41.7 Å². The molecule has 0 bridgehead atoms. The Morgan fingerprint density at radius 3 is 2.53 bits per heavy atom. The molecule has 6 rings (SSSR count). The highest BCUT2D eigenvalue weighted by atomic mass is 16.3. The summed E-state index contributed by atoms with van der Waals surface area (Å²) in [5.74, 6) is -0.479. The number of primary amides is 1. The van der Waals surface area contributed by atoms with Crippen LogP contribution in [0.25, 0.3) is 38.6 Å². The average molecular weight is 502 g/mol. The summed E-state index contributed by atoms with van der Waals surface area (Å²) in [5, 5.41) is 24.8. The number of amides is 1. The van der Waals surface area contributed by atoms with Crippen molar-refractivity contribution in [1.29, 1.82) is 5.26 Å². The van der Waals surface area contributed by atoms with Crippen molar-refractivity contribution in [3.63, 3.8) is 0 Å². The third kappa shape index (κ3) is 4.15. The molecule has 0 atom stereocenters. The van der Waals surface area contributed by atoms with Crippen LogP contribution in [0.3, 0.4) is 0 Å². The van der Waals surface area contributed by atoms with E-state index in [-0.39, 0.29) is 12.1 Å². The lowest BCUT2D eigenvalue weighted by molar-refractivity contribution is 0.100. The summed E-state index contributed by atoms with van der Waals surface area (Å²) in [6.45, 7) is 0. The predicted octanol–water partition coefficient (Wildman–Crippen LogP) is 5.53. The lowest BCUT2D eigenvalue weighted by Gasteiger charge is -2.28. The van der Waals surface area contributed by atoms with Gasteiger partial charge >= 0.3 is 0 Å². The number of nitrogens with two attached hydrogens (primary N) is 1. The zero-order chi connectivity index (χ0) is 26.2. The topological polar surface area (TPSA) is 117 Å². The first-order valence-electron chi connectivity index (χ1n) is 12.8. The van der Waals surface area contributed by atoms with Gasteiger partial charge in [0.05, 0.1) is 22.7 Å². The Morgan fingerprint density at radius 2 is 1.79 bits per heavy atom. The van der Waals surface area contributed by atoms with Gasteiger partial charge in [-0.2, -0.15) is 5.26 Å². The van der Waals surface area contributed by atoms with Gasteiger partial charge in [-0.25, -0.2) is 4.98 Å². The van der Waals surface area contributed by atoms with Crippen molar-refractivity contribution in [3.05, 3.63) is 90.3 Å². The quantitative estimate of drug-likeness (QED) is 0.293. The Balaban J connectivity index is 1.53. The van der Waals surface area contributed by atoms with Crippen LogP contribution >= 0.6 is 0 Å². The van der Waals surface area contributed by atoms with Crippen molar-refractivity contribution in [2.24, 2.45) is 5.73 Å². The Bertz CT molecular complexity index is 1710. The number of carbonyl (C=O) groups excluding carboxylic acids is 1. The van der Waals surface area contributed by atoms with Crippen molar-refractivity contribution < 1.29 is 9.90 Å². The molecule has 38 heavy (non-hydrogen) atoms. The zero-order valence-corrected chi connectivity index (χ0v) is 20.8. The van der Waals surface area contributed by atoms with E-state index in [1.165, 1.54) is 0 Å². The maximum absolute atomic E-state index is 12.3. The van der Waals surface area contributed by atoms with Crippen LogP contribution in [0.2, 0.25) is 0 Å². The second kappa shape index (κ2) is 9.66. The van der Waals surface area contributed by atoms with Crippen LogP contribution in [-0.2, 0) is 0 Å². The minimum absolute atomic E-state index is 0.167. The largest absolute Gasteiger partial charge is 0.393 e. The third-order valence-electron chi connectivity index (χ3n) is 7.47. The van der Waals surface area contributed by atoms with Crippen LogP contribution in [0.4, 0.5) is 5.69 Å². The Morgan fingerprint density at radius 1 is 1.00 bits per heavy atom. The molecule has 7 nitrogen and oxygen atoms in total. The van der Waals surface area contributed by atoms with E-state index in [1.54, 1.807) is 18.3 Å². The SMILES string of the molecule is N#Cc1ccc(-c2cccc3c2c2ccccc2n3-c2ccc(C(N)=O)c(N[C@H]3CC[C@H](O)CC3)c2)cn1. The van der Waals surface area contributed by atoms with E-state index >= 15 is 0 Å². The summed E-state index contributed by atoms with van der Waals surface area (Å²) in [5.41, 5.74) is 12.2. The number of rotatable bonds is 5. The van der Waals surface area contributed by atoms with Crippen LogP contribution < -0.4 is 11.1 Å². The molecule has 0 unspecified atom stereocenters. The Kier molecular flexibility index (Phi) is 6.02. The molecule has 1 aliphatic carbocycles. The molecular formula is C31H27N5O2. The molecule has 1 aliphatic rings. The molecule has 1 amide bonds. The lowest BCUT2D eigenvalue weighted by Crippen LogP contribution is -2.29. The van der Waals surface area contributed by atoms with Gasteiger partial charge in [0.25, 0.3) is 5.91 Å². The molecule has 4 N–H and O–H groups in total. The first-order valence-corrected chi connectivity index (χ1v) is 12.8. The molecule has 3 aromatic carbocycles. The first-order chi connectivity index (χ1) is 18.5. The molecule has 1 saturated carbocycles. The molecule has 5 aromatic rings. The molecule has 0 saturated heterocycles. The van der Waals surface area contributed by atoms with E-state index < -0.39 is 5.91 Å². The van der Waals surface area contributed by atoms with E-state index in [0.29, 0.717) is 16.9 Å². The average Bonchev–Trinajstić information content (AvgIpc) is 3.29. The van der Waals surface area contributed by atoms with Gasteiger partial charge in [0, 0.05) is 39.9 Å². The summed E-state index contributed by atoms with van der Waals surface area (Å²) in [6.07, 6.45) is 4.63. The van der Waals surface area contributed by atoms with Gasteiger partial charge in [-0.3, -0.25) is 4.79 Å². The molecule has 188 valence electrons. The highest BCUT2D eigenvalue weighted by Gasteiger charge is 2.22. The fourth-order valence-corrected chi connectivity index (χ4v) is 5.60. The Labute approximate surface area is 220 Å². The smallest absolute Gasteiger partial charge is 0.250 e. The number of benzene rings is 3. The van der Waals surface area contributed by atoms with Gasteiger partial charge < -0.3 is 20.7 Å². The monoisotopic (exact) mass is 501 g/mol. The molecule has 0 radical (unpaired) electrons. The van der Waals surface area contributed by atoms with E-state index in [4.69, 9.17) is 5.73 Å². The number of hydrogen-bond acceptors (Lipinski definition) is 5. The van der Waals surface area contributed by atoms with E-state index in [2.05, 4.69) is 45.2 Å². The normalized spacial score (nSPS) is 17.4. The van der Waals surface area contributed by atoms with Crippen LogP contribution in [0.5, 0.6) is 0 Å². The summed E-state index contributed by atoms with van der Waals surface area (Å²) in [6, 6.07) is 26.1. The second-order valence-corrected chi connectivity index (χ2v) is 9.84. The summed E-state index contributed by atoms with van der Waals surface area (Å²) >= 11 is 0. The summed E-state index contributed by atoms with van der Waals surface area (Å²) < 4.78 is 2.20. The maximum atomic E-state index is 12.3. The molecule has 0 aliphatic heterocycles. The van der Waals surface area contributed by atoms with Gasteiger partial charge in [-0.15, -0.1) is 0 Å². The van der Waals surface area contributed by atoms with E-state index in [9.17, 15) is 15.2 Å². The zero-order valence-electron chi connectivity index (χ0n) is 20.8. The highest BCUT2D eigenvalue weighted by Crippen LogP contribution is 2.39. The minimum Gasteiger partial charge on any atom is -0.393 e. The second-order valence-electron chi connectivity index (χ2n) is 9.84. The molecule has 1 fully saturated rings. The van der Waals surface area contributed by atoms with Crippen molar-refractivity contribution >= 4 is 33.4 Å². The number of para-hydroxylation sites is 1. The van der Waals surface area contributed by atoms with Crippen LogP contribution in [-0.4, -0.2) is 32.7 Å². The van der Waals surface area contributed by atoms with Gasteiger partial charge in [0.15, 0.2) is 0 Å². The number of hydrogen-bond donors (Lipinski definition) is 3. The fraction of sp³-hybridized carbons (Fsp3) is 0.194. The van der Waals surface area contributed by atoms with Gasteiger partial charge in [-0.1, -0.05) is 30.3 Å². The number of aromatic nitrogens is 2. The van der Waals surface area contributed by atoms with E-state index in [1.807, 2.05) is 36.4 Å². The minimum atomic E-state index is -0.479. The summed E-state index contributed by atoms with van der Waals surface area (Å²) in [7, 11) is 0. The van der Waals surface area contributed by atoms with Crippen molar-refractivity contribution in [1.82, 2.24) is 9.55 Å². The molecule has 2 aromatic heterocycles. The molecular weight excluding hydrogens is 474 g/mol. The van der Waals surface area contributed by atoms with Crippen molar-refractivity contribution in [3.8, 4) is 22.9 Å². The molecule has 0 spiro atoms. The number of nitrogens with zero attached hydrogens (tertiary/aromatic N) is 3. The number of nitrogens with one attached hydrogen (secondary N) is 1. The molecule has 2 heterocycles. The van der Waals surface area contributed by atoms with Gasteiger partial charge in [0.2, 0.25) is 0 Å². The Hall–Kier alpha value is -4.67. The van der Waals surface area contributed by atoms with Crippen molar-refractivity contribution in [2.45, 2.75) is 37.8 Å². The van der Waals surface area contributed by atoms with Gasteiger partial charge in [0.1, 0.15) is 11.8 Å². The summed E-state index contributed by atoms with van der Waals surface area (Å²) in [4.78, 5) is 16.6. The standard InChI is InChI=1S/C31H27N5O2/c32-17-21-9-8-19(18-34-21)24-5-3-7-29-30(24)26-4-1-2-6-28(26)36(29)22-12-15-25(31(33)38)27(16-22)35-20-10-13-23(37)14-11-20/h1-9,12,15-16,18,20,23,35,37H,10-11,13-14H2,(H2,33,38)/t20-,23-. The number of aliphatic hydroxyl groups excluding tert-OH is 1. The predicted molar refractivity (Wildman–Crippen MR) is 149 cm³/mol. The third-order valence-corrected chi connectivity index (χ3v) is 7.47. The van der Waals surface area contributed by atoms with Gasteiger partial charge in [-0.05, 0) is 73.7 Å². The number of nitriles is 1. The van der Waals surface area contributed by atoms with Crippen molar-refractivity contribution in [2.75, 3.05) is 5.32 Å². The van der Waals surface area contributed by atoms with Crippen LogP contribution in [0, 0.1) is 11.3 Å². The number of aliphatic hydroxyl groups is 1. The number of pyridine rings is 1. The van der Waals surface area contributed by atoms with E-state index in [0.717, 1.165) is 64.3 Å². The lowest BCUT2D eigenvalue weighted by atomic mass is 9.92. The number of fused-ring (bicyclic) bond motifs is 3. The fourth-order valence-electron chi connectivity index (χ4n) is 5.60. The number of anilines is 1. The molecule has 7 heteroatoms. The number of carbonyl (C=O) groups is 1. The van der Waals surface area contributed by atoms with Crippen LogP contribution in [0.15, 0.2) is 79.0 Å².